The van der Waals surface area contributed by atoms with Gasteiger partial charge in [-0.25, -0.2) is 4.39 Å². The van der Waals surface area contributed by atoms with Crippen LogP contribution in [-0.2, 0) is 0 Å². The summed E-state index contributed by atoms with van der Waals surface area (Å²) in [6.07, 6.45) is 12.3. The minimum absolute atomic E-state index is 0.397. The van der Waals surface area contributed by atoms with Crippen molar-refractivity contribution in [1.82, 2.24) is 0 Å². The molecule has 0 aliphatic heterocycles. The lowest BCUT2D eigenvalue weighted by atomic mass is 9.63. The van der Waals surface area contributed by atoms with Crippen molar-refractivity contribution in [2.24, 2.45) is 41.4 Å². The van der Waals surface area contributed by atoms with E-state index in [0.717, 1.165) is 30.1 Å². The number of hydrogen-bond donors (Lipinski definition) is 0. The zero-order valence-corrected chi connectivity index (χ0v) is 15.1. The molecule has 22 heavy (non-hydrogen) atoms. The topological polar surface area (TPSA) is 0 Å². The van der Waals surface area contributed by atoms with Gasteiger partial charge in [0.25, 0.3) is 0 Å². The summed E-state index contributed by atoms with van der Waals surface area (Å²) in [4.78, 5) is 0. The molecule has 128 valence electrons. The van der Waals surface area contributed by atoms with Crippen molar-refractivity contribution in [3.63, 3.8) is 0 Å². The van der Waals surface area contributed by atoms with Crippen molar-refractivity contribution >= 4 is 0 Å². The van der Waals surface area contributed by atoms with Crippen LogP contribution in [0.15, 0.2) is 0 Å². The van der Waals surface area contributed by atoms with Crippen LogP contribution in [0.5, 0.6) is 0 Å². The van der Waals surface area contributed by atoms with Gasteiger partial charge in [-0.3, -0.25) is 0 Å². The fourth-order valence-electron chi connectivity index (χ4n) is 5.86. The molecular weight excluding hydrogens is 271 g/mol. The van der Waals surface area contributed by atoms with E-state index in [2.05, 4.69) is 20.8 Å². The second-order valence-corrected chi connectivity index (χ2v) is 9.30. The zero-order valence-electron chi connectivity index (χ0n) is 15.1. The van der Waals surface area contributed by atoms with Gasteiger partial charge in [-0.2, -0.15) is 0 Å². The molecule has 0 bridgehead atoms. The van der Waals surface area contributed by atoms with E-state index in [4.69, 9.17) is 0 Å². The standard InChI is InChI=1S/C21H37F/c1-14-4-7-17(8-5-14)18-10-11-20(21(22)13-18)19-9-6-15(2)16(3)12-19/h14-21H,4-13H2,1-3H3. The molecule has 0 amide bonds. The third kappa shape index (κ3) is 3.70. The van der Waals surface area contributed by atoms with Crippen molar-refractivity contribution < 1.29 is 4.39 Å². The Morgan fingerprint density at radius 1 is 0.591 bits per heavy atom. The van der Waals surface area contributed by atoms with Crippen molar-refractivity contribution in [3.8, 4) is 0 Å². The van der Waals surface area contributed by atoms with Crippen LogP contribution in [0.1, 0.15) is 85.0 Å². The molecule has 6 unspecified atom stereocenters. The Kier molecular flexibility index (Phi) is 5.51. The first-order valence-corrected chi connectivity index (χ1v) is 10.2. The summed E-state index contributed by atoms with van der Waals surface area (Å²) in [7, 11) is 0. The molecule has 3 aliphatic carbocycles. The molecule has 3 rings (SSSR count). The van der Waals surface area contributed by atoms with Crippen molar-refractivity contribution in [3.05, 3.63) is 0 Å². The van der Waals surface area contributed by atoms with Crippen LogP contribution in [0.25, 0.3) is 0 Å². The van der Waals surface area contributed by atoms with E-state index in [0.29, 0.717) is 17.8 Å². The van der Waals surface area contributed by atoms with Gasteiger partial charge in [0.1, 0.15) is 6.17 Å². The molecule has 3 fully saturated rings. The van der Waals surface area contributed by atoms with Gasteiger partial charge in [0.05, 0.1) is 0 Å². The van der Waals surface area contributed by atoms with E-state index < -0.39 is 6.17 Å². The minimum atomic E-state index is -0.497. The first-order chi connectivity index (χ1) is 10.5. The third-order valence-corrected chi connectivity index (χ3v) is 7.83. The lowest BCUT2D eigenvalue weighted by Gasteiger charge is -2.43. The highest BCUT2D eigenvalue weighted by molar-refractivity contribution is 4.90. The molecule has 0 aromatic rings. The highest BCUT2D eigenvalue weighted by Gasteiger charge is 2.40. The maximum Gasteiger partial charge on any atom is 0.103 e. The summed E-state index contributed by atoms with van der Waals surface area (Å²) in [5, 5.41) is 0. The van der Waals surface area contributed by atoms with Gasteiger partial charge in [-0.05, 0) is 86.4 Å². The Morgan fingerprint density at radius 3 is 1.86 bits per heavy atom. The Bertz CT molecular complexity index is 344. The van der Waals surface area contributed by atoms with Crippen molar-refractivity contribution in [2.45, 2.75) is 91.2 Å². The molecular formula is C21H37F. The molecule has 0 aromatic heterocycles. The highest BCUT2D eigenvalue weighted by atomic mass is 19.1. The summed E-state index contributed by atoms with van der Waals surface area (Å²) in [5.41, 5.74) is 0. The van der Waals surface area contributed by atoms with E-state index in [1.807, 2.05) is 0 Å². The molecule has 0 spiro atoms. The average molecular weight is 309 g/mol. The molecule has 0 N–H and O–H groups in total. The Labute approximate surface area is 137 Å². The van der Waals surface area contributed by atoms with Gasteiger partial charge < -0.3 is 0 Å². The molecule has 1 heteroatoms. The normalized spacial score (nSPS) is 50.7. The van der Waals surface area contributed by atoms with Gasteiger partial charge in [0, 0.05) is 0 Å². The van der Waals surface area contributed by atoms with E-state index in [9.17, 15) is 4.39 Å². The second-order valence-electron chi connectivity index (χ2n) is 9.30. The van der Waals surface area contributed by atoms with Crippen molar-refractivity contribution in [2.75, 3.05) is 0 Å². The number of halogens is 1. The van der Waals surface area contributed by atoms with E-state index in [-0.39, 0.29) is 0 Å². The number of rotatable bonds is 2. The summed E-state index contributed by atoms with van der Waals surface area (Å²) >= 11 is 0. The zero-order chi connectivity index (χ0) is 15.7. The Balaban J connectivity index is 1.52. The van der Waals surface area contributed by atoms with Crippen LogP contribution in [-0.4, -0.2) is 6.17 Å². The van der Waals surface area contributed by atoms with E-state index in [1.165, 1.54) is 57.8 Å². The predicted octanol–water partition coefficient (Wildman–Crippen LogP) is 6.64. The number of alkyl halides is 1. The first-order valence-electron chi connectivity index (χ1n) is 10.2. The first kappa shape index (κ1) is 16.8. The average Bonchev–Trinajstić information content (AvgIpc) is 2.51. The Hall–Kier alpha value is -0.0700. The van der Waals surface area contributed by atoms with E-state index >= 15 is 0 Å². The fraction of sp³-hybridized carbons (Fsp3) is 1.00. The maximum absolute atomic E-state index is 14.9. The molecule has 6 atom stereocenters. The van der Waals surface area contributed by atoms with Crippen LogP contribution >= 0.6 is 0 Å². The molecule has 0 aromatic carbocycles. The molecule has 3 saturated carbocycles. The largest absolute Gasteiger partial charge is 0.247 e. The molecule has 3 aliphatic rings. The highest BCUT2D eigenvalue weighted by Crippen LogP contribution is 2.47. The SMILES string of the molecule is CC1CCC(C2CCC(C3CCC(C)C(C)C3)C(F)C2)CC1. The monoisotopic (exact) mass is 308 g/mol. The van der Waals surface area contributed by atoms with Crippen LogP contribution in [0.3, 0.4) is 0 Å². The molecule has 0 radical (unpaired) electrons. The lowest BCUT2D eigenvalue weighted by Crippen LogP contribution is -2.37. The van der Waals surface area contributed by atoms with Crippen LogP contribution in [0, 0.1) is 41.4 Å². The molecule has 0 saturated heterocycles. The lowest BCUT2D eigenvalue weighted by molar-refractivity contribution is 0.0253. The van der Waals surface area contributed by atoms with Crippen LogP contribution in [0.4, 0.5) is 4.39 Å². The van der Waals surface area contributed by atoms with Gasteiger partial charge in [0.15, 0.2) is 0 Å². The second kappa shape index (κ2) is 7.22. The maximum atomic E-state index is 14.9. The quantitative estimate of drug-likeness (QED) is 0.536. The van der Waals surface area contributed by atoms with Crippen molar-refractivity contribution in [1.29, 1.82) is 0 Å². The number of hydrogen-bond acceptors (Lipinski definition) is 0. The minimum Gasteiger partial charge on any atom is -0.247 e. The van der Waals surface area contributed by atoms with Gasteiger partial charge in [-0.1, -0.05) is 40.0 Å². The van der Waals surface area contributed by atoms with Gasteiger partial charge >= 0.3 is 0 Å². The molecule has 0 nitrogen and oxygen atoms in total. The summed E-state index contributed by atoms with van der Waals surface area (Å²) < 4.78 is 14.9. The summed E-state index contributed by atoms with van der Waals surface area (Å²) in [6, 6.07) is 0. The molecule has 0 heterocycles. The summed E-state index contributed by atoms with van der Waals surface area (Å²) in [5.74, 6) is 5.22. The smallest absolute Gasteiger partial charge is 0.103 e. The fourth-order valence-corrected chi connectivity index (χ4v) is 5.86. The Morgan fingerprint density at radius 2 is 1.23 bits per heavy atom. The van der Waals surface area contributed by atoms with Gasteiger partial charge in [-0.15, -0.1) is 0 Å². The van der Waals surface area contributed by atoms with Gasteiger partial charge in [0.2, 0.25) is 0 Å². The van der Waals surface area contributed by atoms with Crippen LogP contribution < -0.4 is 0 Å². The van der Waals surface area contributed by atoms with E-state index in [1.54, 1.807) is 0 Å². The summed E-state index contributed by atoms with van der Waals surface area (Å²) in [6.45, 7) is 7.16. The predicted molar refractivity (Wildman–Crippen MR) is 92.5 cm³/mol. The van der Waals surface area contributed by atoms with Crippen LogP contribution in [0.2, 0.25) is 0 Å². The third-order valence-electron chi connectivity index (χ3n) is 7.83.